The fourth-order valence-corrected chi connectivity index (χ4v) is 2.78. The van der Waals surface area contributed by atoms with Gasteiger partial charge in [0.25, 0.3) is 0 Å². The maximum Gasteiger partial charge on any atom is 0.308 e. The lowest BCUT2D eigenvalue weighted by molar-refractivity contribution is -0.149. The summed E-state index contributed by atoms with van der Waals surface area (Å²) in [5, 5.41) is 0. The van der Waals surface area contributed by atoms with Crippen LogP contribution in [0.25, 0.3) is 0 Å². The van der Waals surface area contributed by atoms with Crippen molar-refractivity contribution >= 4 is 11.9 Å². The number of hydrogen-bond donors (Lipinski definition) is 0. The number of hydrogen-bond acceptors (Lipinski definition) is 5. The minimum atomic E-state index is -0.316. The molecule has 1 aliphatic rings. The summed E-state index contributed by atoms with van der Waals surface area (Å²) >= 11 is 0. The zero-order chi connectivity index (χ0) is 19.1. The lowest BCUT2D eigenvalue weighted by atomic mass is 9.97. The Labute approximate surface area is 152 Å². The number of ether oxygens (including phenoxy) is 3. The SMILES string of the molecule is COC(=O)C1CCN(C(=O)CCOC(C)(C)CCOC(C)(C)C)CC1. The topological polar surface area (TPSA) is 65.1 Å². The van der Waals surface area contributed by atoms with Gasteiger partial charge in [-0.2, -0.15) is 0 Å². The van der Waals surface area contributed by atoms with Gasteiger partial charge in [0.1, 0.15) is 0 Å². The van der Waals surface area contributed by atoms with E-state index in [2.05, 4.69) is 0 Å². The molecular weight excluding hydrogens is 322 g/mol. The van der Waals surface area contributed by atoms with Crippen LogP contribution in [0.15, 0.2) is 0 Å². The van der Waals surface area contributed by atoms with E-state index >= 15 is 0 Å². The number of methoxy groups -OCH3 is 1. The van der Waals surface area contributed by atoms with E-state index in [-0.39, 0.29) is 29.0 Å². The van der Waals surface area contributed by atoms with Gasteiger partial charge in [-0.15, -0.1) is 0 Å². The third kappa shape index (κ3) is 8.68. The molecule has 1 saturated heterocycles. The first kappa shape index (κ1) is 21.9. The molecule has 1 heterocycles. The van der Waals surface area contributed by atoms with Gasteiger partial charge in [0.05, 0.1) is 37.3 Å². The smallest absolute Gasteiger partial charge is 0.308 e. The molecule has 6 heteroatoms. The van der Waals surface area contributed by atoms with E-state index in [0.717, 1.165) is 6.42 Å². The van der Waals surface area contributed by atoms with Gasteiger partial charge in [0, 0.05) is 19.7 Å². The largest absolute Gasteiger partial charge is 0.469 e. The van der Waals surface area contributed by atoms with Gasteiger partial charge in [0.2, 0.25) is 5.91 Å². The number of piperidine rings is 1. The average molecular weight is 357 g/mol. The fraction of sp³-hybridized carbons (Fsp3) is 0.895. The van der Waals surface area contributed by atoms with Crippen LogP contribution in [0, 0.1) is 5.92 Å². The van der Waals surface area contributed by atoms with E-state index in [4.69, 9.17) is 14.2 Å². The van der Waals surface area contributed by atoms with Crippen LogP contribution >= 0.6 is 0 Å². The number of esters is 1. The minimum Gasteiger partial charge on any atom is -0.469 e. The van der Waals surface area contributed by atoms with Crippen molar-refractivity contribution in [2.24, 2.45) is 5.92 Å². The normalized spacial score (nSPS) is 16.8. The molecule has 1 amide bonds. The molecule has 1 rings (SSSR count). The second-order valence-corrected chi connectivity index (χ2v) is 8.25. The van der Waals surface area contributed by atoms with Crippen LogP contribution in [0.2, 0.25) is 0 Å². The van der Waals surface area contributed by atoms with Gasteiger partial charge >= 0.3 is 5.97 Å². The number of carbonyl (C=O) groups excluding carboxylic acids is 2. The van der Waals surface area contributed by atoms with Gasteiger partial charge in [-0.1, -0.05) is 0 Å². The molecule has 0 aromatic heterocycles. The zero-order valence-electron chi connectivity index (χ0n) is 16.7. The van der Waals surface area contributed by atoms with Crippen molar-refractivity contribution in [1.82, 2.24) is 4.90 Å². The first-order valence-corrected chi connectivity index (χ1v) is 9.17. The molecule has 0 atom stereocenters. The van der Waals surface area contributed by atoms with Crippen LogP contribution in [-0.2, 0) is 23.8 Å². The molecule has 0 spiro atoms. The fourth-order valence-electron chi connectivity index (χ4n) is 2.78. The van der Waals surface area contributed by atoms with Crippen molar-refractivity contribution in [1.29, 1.82) is 0 Å². The Balaban J connectivity index is 2.25. The molecule has 1 fully saturated rings. The highest BCUT2D eigenvalue weighted by Crippen LogP contribution is 2.20. The van der Waals surface area contributed by atoms with Crippen molar-refractivity contribution in [2.45, 2.75) is 71.5 Å². The molecule has 0 saturated carbocycles. The van der Waals surface area contributed by atoms with Crippen LogP contribution in [-0.4, -0.2) is 61.4 Å². The highest BCUT2D eigenvalue weighted by molar-refractivity contribution is 5.77. The highest BCUT2D eigenvalue weighted by atomic mass is 16.5. The van der Waals surface area contributed by atoms with E-state index in [1.165, 1.54) is 7.11 Å². The molecule has 0 aromatic rings. The Morgan fingerprint density at radius 2 is 1.60 bits per heavy atom. The molecule has 25 heavy (non-hydrogen) atoms. The van der Waals surface area contributed by atoms with Crippen LogP contribution in [0.4, 0.5) is 0 Å². The molecule has 0 bridgehead atoms. The van der Waals surface area contributed by atoms with E-state index in [1.807, 2.05) is 39.5 Å². The van der Waals surface area contributed by atoms with Crippen molar-refractivity contribution in [3.63, 3.8) is 0 Å². The van der Waals surface area contributed by atoms with Gasteiger partial charge in [0.15, 0.2) is 0 Å². The van der Waals surface area contributed by atoms with E-state index in [9.17, 15) is 9.59 Å². The quantitative estimate of drug-likeness (QED) is 0.625. The maximum absolute atomic E-state index is 12.3. The summed E-state index contributed by atoms with van der Waals surface area (Å²) in [5.74, 6) is -0.160. The maximum atomic E-state index is 12.3. The second kappa shape index (κ2) is 9.53. The molecule has 0 aromatic carbocycles. The number of rotatable bonds is 8. The predicted molar refractivity (Wildman–Crippen MR) is 96.3 cm³/mol. The lowest BCUT2D eigenvalue weighted by Gasteiger charge is -2.31. The molecule has 0 N–H and O–H groups in total. The van der Waals surface area contributed by atoms with Gasteiger partial charge in [-0.05, 0) is 53.9 Å². The van der Waals surface area contributed by atoms with Crippen molar-refractivity contribution in [3.8, 4) is 0 Å². The average Bonchev–Trinajstić information content (AvgIpc) is 2.52. The number of likely N-dealkylation sites (tertiary alicyclic amines) is 1. The molecule has 146 valence electrons. The third-order valence-electron chi connectivity index (χ3n) is 4.43. The first-order valence-electron chi connectivity index (χ1n) is 9.17. The van der Waals surface area contributed by atoms with E-state index in [0.29, 0.717) is 45.6 Å². The standard InChI is InChI=1S/C19H35NO5/c1-18(2,3)24-14-10-19(4,5)25-13-9-16(21)20-11-7-15(8-12-20)17(22)23-6/h15H,7-14H2,1-6H3. The Morgan fingerprint density at radius 1 is 1.00 bits per heavy atom. The summed E-state index contributed by atoms with van der Waals surface area (Å²) in [6, 6.07) is 0. The lowest BCUT2D eigenvalue weighted by Crippen LogP contribution is -2.41. The monoisotopic (exact) mass is 357 g/mol. The molecule has 6 nitrogen and oxygen atoms in total. The van der Waals surface area contributed by atoms with Crippen molar-refractivity contribution < 1.29 is 23.8 Å². The summed E-state index contributed by atoms with van der Waals surface area (Å²) in [6.07, 6.45) is 2.50. The summed E-state index contributed by atoms with van der Waals surface area (Å²) < 4.78 is 16.4. The summed E-state index contributed by atoms with van der Waals surface area (Å²) in [7, 11) is 1.41. The molecular formula is C19H35NO5. The third-order valence-corrected chi connectivity index (χ3v) is 4.43. The number of amides is 1. The Kier molecular flexibility index (Phi) is 8.35. The van der Waals surface area contributed by atoms with Crippen molar-refractivity contribution in [3.05, 3.63) is 0 Å². The van der Waals surface area contributed by atoms with Gasteiger partial charge in [-0.25, -0.2) is 0 Å². The predicted octanol–water partition coefficient (Wildman–Crippen LogP) is 2.79. The summed E-state index contributed by atoms with van der Waals surface area (Å²) in [6.45, 7) is 12.4. The van der Waals surface area contributed by atoms with Crippen molar-refractivity contribution in [2.75, 3.05) is 33.4 Å². The van der Waals surface area contributed by atoms with Gasteiger partial charge in [-0.3, -0.25) is 9.59 Å². The zero-order valence-corrected chi connectivity index (χ0v) is 16.7. The van der Waals surface area contributed by atoms with E-state index < -0.39 is 0 Å². The second-order valence-electron chi connectivity index (χ2n) is 8.25. The number of nitrogens with zero attached hydrogens (tertiary/aromatic N) is 1. The minimum absolute atomic E-state index is 0.0768. The summed E-state index contributed by atoms with van der Waals surface area (Å²) in [5.41, 5.74) is -0.466. The Hall–Kier alpha value is -1.14. The van der Waals surface area contributed by atoms with Crippen LogP contribution in [0.5, 0.6) is 0 Å². The molecule has 0 unspecified atom stereocenters. The first-order chi connectivity index (χ1) is 11.5. The molecule has 1 aliphatic heterocycles. The van der Waals surface area contributed by atoms with Gasteiger partial charge < -0.3 is 19.1 Å². The number of carbonyl (C=O) groups is 2. The molecule has 0 aliphatic carbocycles. The van der Waals surface area contributed by atoms with Crippen LogP contribution in [0.1, 0.15) is 60.3 Å². The molecule has 0 radical (unpaired) electrons. The van der Waals surface area contributed by atoms with E-state index in [1.54, 1.807) is 0 Å². The summed E-state index contributed by atoms with van der Waals surface area (Å²) in [4.78, 5) is 25.6. The Morgan fingerprint density at radius 3 is 2.12 bits per heavy atom. The van der Waals surface area contributed by atoms with Crippen LogP contribution in [0.3, 0.4) is 0 Å². The highest BCUT2D eigenvalue weighted by Gasteiger charge is 2.28. The Bertz CT molecular complexity index is 434. The van der Waals surface area contributed by atoms with Crippen LogP contribution < -0.4 is 0 Å².